The molecule has 0 aliphatic carbocycles. The lowest BCUT2D eigenvalue weighted by atomic mass is 10.1. The van der Waals surface area contributed by atoms with Crippen molar-refractivity contribution in [2.75, 3.05) is 12.4 Å². The van der Waals surface area contributed by atoms with Crippen molar-refractivity contribution < 1.29 is 9.18 Å². The first-order valence-electron chi connectivity index (χ1n) is 5.75. The van der Waals surface area contributed by atoms with E-state index in [4.69, 9.17) is 11.6 Å². The second-order valence-electron chi connectivity index (χ2n) is 3.97. The Morgan fingerprint density at radius 3 is 2.76 bits per heavy atom. The number of halogens is 2. The number of carbonyl (C=O) groups is 1. The Morgan fingerprint density at radius 2 is 2.12 bits per heavy atom. The third-order valence-electron chi connectivity index (χ3n) is 2.53. The van der Waals surface area contributed by atoms with Crippen molar-refractivity contribution in [1.29, 1.82) is 0 Å². The first-order valence-corrected chi connectivity index (χ1v) is 6.29. The van der Waals surface area contributed by atoms with E-state index in [1.54, 1.807) is 19.1 Å². The third kappa shape index (κ3) is 4.73. The molecule has 0 saturated heterocycles. The van der Waals surface area contributed by atoms with Gasteiger partial charge in [-0.1, -0.05) is 12.5 Å². The summed E-state index contributed by atoms with van der Waals surface area (Å²) in [5.74, 6) is 0.0754. The minimum absolute atomic E-state index is 0.227. The van der Waals surface area contributed by atoms with Crippen molar-refractivity contribution in [1.82, 2.24) is 5.32 Å². The Labute approximate surface area is 106 Å². The molecular weight excluding hydrogens is 241 g/mol. The lowest BCUT2D eigenvalue weighted by molar-refractivity contribution is 0.0952. The zero-order chi connectivity index (χ0) is 12.7. The highest BCUT2D eigenvalue weighted by Crippen LogP contribution is 2.09. The molecule has 0 radical (unpaired) electrons. The van der Waals surface area contributed by atoms with Gasteiger partial charge < -0.3 is 5.32 Å². The van der Waals surface area contributed by atoms with Gasteiger partial charge in [-0.05, 0) is 37.5 Å². The van der Waals surface area contributed by atoms with E-state index in [-0.39, 0.29) is 11.7 Å². The Bertz CT molecular complexity index is 382. The van der Waals surface area contributed by atoms with Gasteiger partial charge in [-0.15, -0.1) is 11.6 Å². The standard InChI is InChI=1S/C13H17ClFNO/c1-10-5-6-11(9-12(10)15)13(17)16-8-4-2-3-7-14/h5-6,9H,2-4,7-8H2,1H3,(H,16,17). The molecule has 1 rings (SSSR count). The molecule has 1 N–H and O–H groups in total. The Balaban J connectivity index is 2.39. The van der Waals surface area contributed by atoms with Crippen LogP contribution in [-0.2, 0) is 0 Å². The molecule has 0 aromatic heterocycles. The van der Waals surface area contributed by atoms with E-state index in [2.05, 4.69) is 5.32 Å². The van der Waals surface area contributed by atoms with Crippen LogP contribution >= 0.6 is 11.6 Å². The van der Waals surface area contributed by atoms with Gasteiger partial charge >= 0.3 is 0 Å². The van der Waals surface area contributed by atoms with Crippen LogP contribution in [0.2, 0.25) is 0 Å². The normalized spacial score (nSPS) is 10.3. The average molecular weight is 258 g/mol. The van der Waals surface area contributed by atoms with Gasteiger partial charge in [0.2, 0.25) is 0 Å². The van der Waals surface area contributed by atoms with Crippen LogP contribution in [0.4, 0.5) is 4.39 Å². The summed E-state index contributed by atoms with van der Waals surface area (Å²) in [6, 6.07) is 4.51. The van der Waals surface area contributed by atoms with E-state index in [0.29, 0.717) is 23.6 Å². The van der Waals surface area contributed by atoms with Crippen molar-refractivity contribution in [2.45, 2.75) is 26.2 Å². The van der Waals surface area contributed by atoms with E-state index in [0.717, 1.165) is 19.3 Å². The number of nitrogens with one attached hydrogen (secondary N) is 1. The van der Waals surface area contributed by atoms with Crippen molar-refractivity contribution >= 4 is 17.5 Å². The van der Waals surface area contributed by atoms with Crippen molar-refractivity contribution in [3.05, 3.63) is 35.1 Å². The number of benzene rings is 1. The first kappa shape index (κ1) is 14.0. The van der Waals surface area contributed by atoms with Crippen LogP contribution in [0, 0.1) is 12.7 Å². The van der Waals surface area contributed by atoms with Crippen LogP contribution in [-0.4, -0.2) is 18.3 Å². The fraction of sp³-hybridized carbons (Fsp3) is 0.462. The van der Waals surface area contributed by atoms with E-state index < -0.39 is 0 Å². The number of rotatable bonds is 6. The molecule has 1 aromatic carbocycles. The molecular formula is C13H17ClFNO. The molecule has 0 unspecified atom stereocenters. The maximum absolute atomic E-state index is 13.2. The van der Waals surface area contributed by atoms with E-state index in [1.807, 2.05) is 0 Å². The highest BCUT2D eigenvalue weighted by Gasteiger charge is 2.06. The topological polar surface area (TPSA) is 29.1 Å². The van der Waals surface area contributed by atoms with Crippen LogP contribution in [0.1, 0.15) is 35.2 Å². The summed E-state index contributed by atoms with van der Waals surface area (Å²) in [5, 5.41) is 2.76. The molecule has 1 aromatic rings. The minimum atomic E-state index is -0.347. The number of aryl methyl sites for hydroxylation is 1. The number of unbranched alkanes of at least 4 members (excludes halogenated alkanes) is 2. The molecule has 94 valence electrons. The lowest BCUT2D eigenvalue weighted by Crippen LogP contribution is -2.24. The largest absolute Gasteiger partial charge is 0.352 e. The molecule has 17 heavy (non-hydrogen) atoms. The Hall–Kier alpha value is -1.09. The summed E-state index contributed by atoms with van der Waals surface area (Å²) in [7, 11) is 0. The fourth-order valence-corrected chi connectivity index (χ4v) is 1.62. The number of amides is 1. The summed E-state index contributed by atoms with van der Waals surface area (Å²) in [6.07, 6.45) is 2.84. The molecule has 0 heterocycles. The van der Waals surface area contributed by atoms with E-state index in [1.165, 1.54) is 6.07 Å². The Morgan fingerprint density at radius 1 is 1.35 bits per heavy atom. The van der Waals surface area contributed by atoms with Gasteiger partial charge in [-0.3, -0.25) is 4.79 Å². The monoisotopic (exact) mass is 257 g/mol. The predicted molar refractivity (Wildman–Crippen MR) is 68.0 cm³/mol. The molecule has 0 bridgehead atoms. The van der Waals surface area contributed by atoms with Crippen LogP contribution in [0.25, 0.3) is 0 Å². The van der Waals surface area contributed by atoms with Crippen molar-refractivity contribution in [3.8, 4) is 0 Å². The highest BCUT2D eigenvalue weighted by molar-refractivity contribution is 6.17. The van der Waals surface area contributed by atoms with Crippen LogP contribution in [0.5, 0.6) is 0 Å². The summed E-state index contributed by atoms with van der Waals surface area (Å²) < 4.78 is 13.2. The molecule has 0 spiro atoms. The lowest BCUT2D eigenvalue weighted by Gasteiger charge is -2.05. The quantitative estimate of drug-likeness (QED) is 0.615. The molecule has 0 fully saturated rings. The van der Waals surface area contributed by atoms with Gasteiger partial charge in [-0.25, -0.2) is 4.39 Å². The van der Waals surface area contributed by atoms with Crippen molar-refractivity contribution in [3.63, 3.8) is 0 Å². The first-order chi connectivity index (χ1) is 8.15. The molecule has 0 atom stereocenters. The second kappa shape index (κ2) is 7.28. The fourth-order valence-electron chi connectivity index (χ4n) is 1.43. The molecule has 1 amide bonds. The minimum Gasteiger partial charge on any atom is -0.352 e. The van der Waals surface area contributed by atoms with Gasteiger partial charge in [-0.2, -0.15) is 0 Å². The van der Waals surface area contributed by atoms with Crippen LogP contribution < -0.4 is 5.32 Å². The zero-order valence-corrected chi connectivity index (χ0v) is 10.7. The summed E-state index contributed by atoms with van der Waals surface area (Å²) in [4.78, 5) is 11.6. The van der Waals surface area contributed by atoms with Crippen LogP contribution in [0.15, 0.2) is 18.2 Å². The number of hydrogen-bond donors (Lipinski definition) is 1. The molecule has 0 aliphatic heterocycles. The zero-order valence-electron chi connectivity index (χ0n) is 9.93. The SMILES string of the molecule is Cc1ccc(C(=O)NCCCCCCl)cc1F. The van der Waals surface area contributed by atoms with E-state index in [9.17, 15) is 9.18 Å². The number of carbonyl (C=O) groups excluding carboxylic acids is 1. The molecule has 2 nitrogen and oxygen atoms in total. The van der Waals surface area contributed by atoms with Gasteiger partial charge in [0.25, 0.3) is 5.91 Å². The second-order valence-corrected chi connectivity index (χ2v) is 4.35. The Kier molecular flexibility index (Phi) is 5.98. The molecule has 4 heteroatoms. The molecule has 0 saturated carbocycles. The molecule has 0 aliphatic rings. The van der Waals surface area contributed by atoms with E-state index >= 15 is 0 Å². The highest BCUT2D eigenvalue weighted by atomic mass is 35.5. The maximum Gasteiger partial charge on any atom is 0.251 e. The van der Waals surface area contributed by atoms with Crippen molar-refractivity contribution in [2.24, 2.45) is 0 Å². The predicted octanol–water partition coefficient (Wildman–Crippen LogP) is 3.27. The summed E-state index contributed by atoms with van der Waals surface area (Å²) in [6.45, 7) is 2.27. The maximum atomic E-state index is 13.2. The average Bonchev–Trinajstić information content (AvgIpc) is 2.32. The van der Waals surface area contributed by atoms with Gasteiger partial charge in [0.15, 0.2) is 0 Å². The van der Waals surface area contributed by atoms with Gasteiger partial charge in [0, 0.05) is 18.0 Å². The van der Waals surface area contributed by atoms with Gasteiger partial charge in [0.1, 0.15) is 5.82 Å². The van der Waals surface area contributed by atoms with Crippen LogP contribution in [0.3, 0.4) is 0 Å². The third-order valence-corrected chi connectivity index (χ3v) is 2.80. The number of alkyl halides is 1. The summed E-state index contributed by atoms with van der Waals surface area (Å²) >= 11 is 5.54. The van der Waals surface area contributed by atoms with Gasteiger partial charge in [0.05, 0.1) is 0 Å². The number of hydrogen-bond acceptors (Lipinski definition) is 1. The smallest absolute Gasteiger partial charge is 0.251 e. The summed E-state index contributed by atoms with van der Waals surface area (Å²) in [5.41, 5.74) is 0.911.